The Morgan fingerprint density at radius 2 is 1.90 bits per heavy atom. The first-order chi connectivity index (χ1) is 9.63. The Hall–Kier alpha value is -3.38. The van der Waals surface area contributed by atoms with Gasteiger partial charge in [0.1, 0.15) is 10.7 Å². The van der Waals surface area contributed by atoms with E-state index in [0.717, 1.165) is 0 Å². The number of benzene rings is 1. The molecule has 6 nitrogen and oxygen atoms in total. The zero-order chi connectivity index (χ0) is 14.5. The van der Waals surface area contributed by atoms with Gasteiger partial charge in [-0.1, -0.05) is 12.1 Å². The number of hydrogen-bond donors (Lipinski definition) is 0. The van der Waals surface area contributed by atoms with Gasteiger partial charge in [0, 0.05) is 0 Å². The summed E-state index contributed by atoms with van der Waals surface area (Å²) in [6, 6.07) is 13.0. The SMILES string of the molecule is N#C/C(=C\c1ccc([N+](=O)[O-])o1)c1ccc(C#N)cc1. The van der Waals surface area contributed by atoms with Gasteiger partial charge in [-0.15, -0.1) is 0 Å². The molecule has 0 fully saturated rings. The number of nitro groups is 1. The van der Waals surface area contributed by atoms with Crippen molar-refractivity contribution in [3.63, 3.8) is 0 Å². The lowest BCUT2D eigenvalue weighted by atomic mass is 10.0. The summed E-state index contributed by atoms with van der Waals surface area (Å²) in [7, 11) is 0. The van der Waals surface area contributed by atoms with Crippen molar-refractivity contribution in [1.82, 2.24) is 0 Å². The van der Waals surface area contributed by atoms with Crippen LogP contribution in [0.25, 0.3) is 11.6 Å². The normalized spacial score (nSPS) is 10.6. The van der Waals surface area contributed by atoms with Crippen LogP contribution in [0.1, 0.15) is 16.9 Å². The maximum atomic E-state index is 10.5. The van der Waals surface area contributed by atoms with Crippen molar-refractivity contribution in [2.75, 3.05) is 0 Å². The van der Waals surface area contributed by atoms with Crippen molar-refractivity contribution in [3.05, 3.63) is 63.4 Å². The number of nitriles is 2. The van der Waals surface area contributed by atoms with E-state index < -0.39 is 4.92 Å². The second-order valence-corrected chi connectivity index (χ2v) is 3.79. The predicted octanol–water partition coefficient (Wildman–Crippen LogP) is 3.12. The van der Waals surface area contributed by atoms with Crippen molar-refractivity contribution in [1.29, 1.82) is 10.5 Å². The summed E-state index contributed by atoms with van der Waals surface area (Å²) >= 11 is 0. The maximum Gasteiger partial charge on any atom is 0.433 e. The number of nitrogens with zero attached hydrogens (tertiary/aromatic N) is 3. The minimum Gasteiger partial charge on any atom is -0.401 e. The van der Waals surface area contributed by atoms with Gasteiger partial charge in [0.2, 0.25) is 0 Å². The summed E-state index contributed by atoms with van der Waals surface area (Å²) in [6.45, 7) is 0. The monoisotopic (exact) mass is 265 g/mol. The topological polar surface area (TPSA) is 104 Å². The molecule has 0 aliphatic rings. The van der Waals surface area contributed by atoms with Gasteiger partial charge in [0.15, 0.2) is 0 Å². The van der Waals surface area contributed by atoms with Crippen LogP contribution in [0.15, 0.2) is 40.8 Å². The zero-order valence-corrected chi connectivity index (χ0v) is 10.1. The van der Waals surface area contributed by atoms with E-state index in [1.807, 2.05) is 12.1 Å². The predicted molar refractivity (Wildman–Crippen MR) is 70.0 cm³/mol. The van der Waals surface area contributed by atoms with Gasteiger partial charge in [-0.2, -0.15) is 10.5 Å². The molecule has 0 N–H and O–H groups in total. The molecule has 1 aromatic heterocycles. The first-order valence-electron chi connectivity index (χ1n) is 5.50. The minimum atomic E-state index is -0.648. The van der Waals surface area contributed by atoms with Gasteiger partial charge in [0.05, 0.1) is 29.3 Å². The Bertz CT molecular complexity index is 758. The van der Waals surface area contributed by atoms with Gasteiger partial charge in [0.25, 0.3) is 0 Å². The molecule has 2 rings (SSSR count). The van der Waals surface area contributed by atoms with Gasteiger partial charge in [-0.3, -0.25) is 10.1 Å². The molecule has 0 spiro atoms. The van der Waals surface area contributed by atoms with E-state index in [1.165, 1.54) is 18.2 Å². The van der Waals surface area contributed by atoms with Crippen molar-refractivity contribution in [3.8, 4) is 12.1 Å². The molecule has 6 heteroatoms. The average Bonchev–Trinajstić information content (AvgIpc) is 2.94. The first-order valence-corrected chi connectivity index (χ1v) is 5.50. The van der Waals surface area contributed by atoms with Crippen molar-refractivity contribution >= 4 is 17.5 Å². The lowest BCUT2D eigenvalue weighted by molar-refractivity contribution is -0.402. The molecule has 0 amide bonds. The van der Waals surface area contributed by atoms with E-state index in [1.54, 1.807) is 24.3 Å². The van der Waals surface area contributed by atoms with Crippen LogP contribution in [0.5, 0.6) is 0 Å². The summed E-state index contributed by atoms with van der Waals surface area (Å²) in [6.07, 6.45) is 1.41. The van der Waals surface area contributed by atoms with E-state index in [0.29, 0.717) is 16.7 Å². The minimum absolute atomic E-state index is 0.220. The van der Waals surface area contributed by atoms with Crippen molar-refractivity contribution in [2.45, 2.75) is 0 Å². The highest BCUT2D eigenvalue weighted by Crippen LogP contribution is 2.22. The van der Waals surface area contributed by atoms with E-state index in [4.69, 9.17) is 14.9 Å². The van der Waals surface area contributed by atoms with Crippen LogP contribution in [0.3, 0.4) is 0 Å². The second-order valence-electron chi connectivity index (χ2n) is 3.79. The second kappa shape index (κ2) is 5.51. The van der Waals surface area contributed by atoms with E-state index in [-0.39, 0.29) is 11.6 Å². The molecule has 0 saturated heterocycles. The molecule has 0 aliphatic heterocycles. The number of hydrogen-bond acceptors (Lipinski definition) is 5. The average molecular weight is 265 g/mol. The van der Waals surface area contributed by atoms with Crippen LogP contribution in [0, 0.1) is 32.8 Å². The third kappa shape index (κ3) is 2.71. The fraction of sp³-hybridized carbons (Fsp3) is 0. The highest BCUT2D eigenvalue weighted by atomic mass is 16.6. The van der Waals surface area contributed by atoms with Gasteiger partial charge >= 0.3 is 5.88 Å². The third-order valence-electron chi connectivity index (χ3n) is 2.52. The first kappa shape index (κ1) is 13.1. The molecule has 0 saturated carbocycles. The fourth-order valence-corrected chi connectivity index (χ4v) is 1.56. The highest BCUT2D eigenvalue weighted by Gasteiger charge is 2.11. The summed E-state index contributed by atoms with van der Waals surface area (Å²) in [5, 5.41) is 28.3. The summed E-state index contributed by atoms with van der Waals surface area (Å²) in [5.41, 5.74) is 1.38. The lowest BCUT2D eigenvalue weighted by Crippen LogP contribution is -1.83. The third-order valence-corrected chi connectivity index (χ3v) is 2.52. The van der Waals surface area contributed by atoms with Crippen LogP contribution in [-0.4, -0.2) is 4.92 Å². The van der Waals surface area contributed by atoms with Crippen molar-refractivity contribution < 1.29 is 9.34 Å². The van der Waals surface area contributed by atoms with E-state index in [2.05, 4.69) is 0 Å². The molecule has 0 unspecified atom stereocenters. The molecule has 0 atom stereocenters. The van der Waals surface area contributed by atoms with Crippen LogP contribution in [0.4, 0.5) is 5.88 Å². The largest absolute Gasteiger partial charge is 0.433 e. The van der Waals surface area contributed by atoms with Gasteiger partial charge in [-0.25, -0.2) is 0 Å². The Morgan fingerprint density at radius 3 is 2.40 bits per heavy atom. The van der Waals surface area contributed by atoms with E-state index >= 15 is 0 Å². The van der Waals surface area contributed by atoms with Gasteiger partial charge in [-0.05, 0) is 29.8 Å². The van der Waals surface area contributed by atoms with E-state index in [9.17, 15) is 10.1 Å². The summed E-state index contributed by atoms with van der Waals surface area (Å²) in [4.78, 5) is 9.86. The molecule has 1 heterocycles. The maximum absolute atomic E-state index is 10.5. The summed E-state index contributed by atoms with van der Waals surface area (Å²) in [5.74, 6) is -0.161. The molecule has 96 valence electrons. The zero-order valence-electron chi connectivity index (χ0n) is 10.1. The molecule has 20 heavy (non-hydrogen) atoms. The highest BCUT2D eigenvalue weighted by molar-refractivity contribution is 5.88. The van der Waals surface area contributed by atoms with Gasteiger partial charge < -0.3 is 4.42 Å². The Kier molecular flexibility index (Phi) is 3.60. The molecule has 0 radical (unpaired) electrons. The Balaban J connectivity index is 2.35. The number of allylic oxidation sites excluding steroid dienone is 1. The Labute approximate surface area is 113 Å². The molecular formula is C14H7N3O3. The molecule has 1 aromatic carbocycles. The molecule has 0 bridgehead atoms. The standard InChI is InChI=1S/C14H7N3O3/c15-8-10-1-3-11(4-2-10)12(9-16)7-13-5-6-14(20-13)17(18)19/h1-7H/b12-7+. The van der Waals surface area contributed by atoms with Crippen LogP contribution >= 0.6 is 0 Å². The van der Waals surface area contributed by atoms with Crippen LogP contribution in [0.2, 0.25) is 0 Å². The number of furan rings is 1. The quantitative estimate of drug-likeness (QED) is 0.481. The molecular weight excluding hydrogens is 258 g/mol. The lowest BCUT2D eigenvalue weighted by Gasteiger charge is -1.98. The van der Waals surface area contributed by atoms with Crippen molar-refractivity contribution in [2.24, 2.45) is 0 Å². The molecule has 2 aromatic rings. The van der Waals surface area contributed by atoms with Crippen LogP contribution in [-0.2, 0) is 0 Å². The smallest absolute Gasteiger partial charge is 0.401 e. The van der Waals surface area contributed by atoms with Crippen LogP contribution < -0.4 is 0 Å². The molecule has 0 aliphatic carbocycles. The summed E-state index contributed by atoms with van der Waals surface area (Å²) < 4.78 is 4.96. The Morgan fingerprint density at radius 1 is 1.20 bits per heavy atom. The number of rotatable bonds is 3. The fourth-order valence-electron chi connectivity index (χ4n) is 1.56.